The van der Waals surface area contributed by atoms with Crippen LogP contribution in [0.1, 0.15) is 98.8 Å². The predicted molar refractivity (Wildman–Crippen MR) is 116 cm³/mol. The fraction of sp³-hybridized carbons (Fsp3) is 0.800. The molecule has 2 saturated heterocycles. The standard InChI is InChI=1S/C25H42O3/c1-6-9-10-21-16-18-25(17-15-20(5)23(8-3)27-25)28-24(21)14-12-19(4)11-13-22(26)7-2/h11-12,14,20-21,23-24H,6-10,13,15-18H2,1-5H3/t20?,21?,23?,24?,25-/m0/s1. The summed E-state index contributed by atoms with van der Waals surface area (Å²) in [5.41, 5.74) is 1.14. The lowest BCUT2D eigenvalue weighted by Crippen LogP contribution is -2.51. The van der Waals surface area contributed by atoms with Crippen LogP contribution in [0.2, 0.25) is 0 Å². The van der Waals surface area contributed by atoms with Crippen LogP contribution in [0.3, 0.4) is 0 Å². The molecule has 0 aliphatic carbocycles. The summed E-state index contributed by atoms with van der Waals surface area (Å²) in [6, 6.07) is 0. The van der Waals surface area contributed by atoms with Gasteiger partial charge in [0.25, 0.3) is 0 Å². The molecule has 3 heteroatoms. The summed E-state index contributed by atoms with van der Waals surface area (Å²) in [6.45, 7) is 10.8. The maximum atomic E-state index is 11.6. The molecule has 2 aliphatic heterocycles. The SMILES string of the molecule is CCCCC1CC[C@]2(CCC(C)C(CC)O2)OC1C=CC(C)=CCC(=O)CC. The number of carbonyl (C=O) groups is 1. The molecule has 0 aromatic heterocycles. The number of rotatable bonds is 9. The molecule has 0 amide bonds. The number of ketones is 1. The highest BCUT2D eigenvalue weighted by atomic mass is 16.7. The maximum Gasteiger partial charge on any atom is 0.169 e. The minimum Gasteiger partial charge on any atom is -0.346 e. The van der Waals surface area contributed by atoms with Crippen molar-refractivity contribution in [3.8, 4) is 0 Å². The number of ether oxygens (including phenoxy) is 2. The molecule has 0 radical (unpaired) electrons. The molecule has 160 valence electrons. The van der Waals surface area contributed by atoms with Crippen molar-refractivity contribution in [1.82, 2.24) is 0 Å². The lowest BCUT2D eigenvalue weighted by Gasteiger charge is -2.49. The summed E-state index contributed by atoms with van der Waals surface area (Å²) in [6.07, 6.45) is 17.1. The quantitative estimate of drug-likeness (QED) is 0.408. The van der Waals surface area contributed by atoms with E-state index >= 15 is 0 Å². The highest BCUT2D eigenvalue weighted by Crippen LogP contribution is 2.44. The lowest BCUT2D eigenvalue weighted by molar-refractivity contribution is -0.325. The summed E-state index contributed by atoms with van der Waals surface area (Å²) in [5, 5.41) is 0. The molecule has 2 rings (SSSR count). The largest absolute Gasteiger partial charge is 0.346 e. The Balaban J connectivity index is 2.09. The van der Waals surface area contributed by atoms with Crippen molar-refractivity contribution < 1.29 is 14.3 Å². The second-order valence-electron chi connectivity index (χ2n) is 8.92. The van der Waals surface area contributed by atoms with E-state index in [4.69, 9.17) is 9.47 Å². The van der Waals surface area contributed by atoms with Gasteiger partial charge in [-0.05, 0) is 44.4 Å². The number of allylic oxidation sites excluding steroid dienone is 3. The van der Waals surface area contributed by atoms with Crippen LogP contribution in [0.4, 0.5) is 0 Å². The van der Waals surface area contributed by atoms with Crippen molar-refractivity contribution in [2.45, 2.75) is 117 Å². The second kappa shape index (κ2) is 11.3. The first-order valence-electron chi connectivity index (χ1n) is 11.6. The van der Waals surface area contributed by atoms with E-state index < -0.39 is 0 Å². The predicted octanol–water partition coefficient (Wildman–Crippen LogP) is 6.76. The van der Waals surface area contributed by atoms with Crippen LogP contribution in [0.15, 0.2) is 23.8 Å². The third-order valence-electron chi connectivity index (χ3n) is 6.62. The third kappa shape index (κ3) is 6.56. The number of carbonyl (C=O) groups excluding carboxylic acids is 1. The molecule has 2 aliphatic rings. The van der Waals surface area contributed by atoms with Crippen LogP contribution in [-0.2, 0) is 14.3 Å². The van der Waals surface area contributed by atoms with Crippen LogP contribution in [0, 0.1) is 11.8 Å². The molecule has 3 nitrogen and oxygen atoms in total. The summed E-state index contributed by atoms with van der Waals surface area (Å²) in [7, 11) is 0. The first kappa shape index (κ1) is 23.3. The van der Waals surface area contributed by atoms with Crippen LogP contribution >= 0.6 is 0 Å². The molecule has 0 aromatic rings. The van der Waals surface area contributed by atoms with Gasteiger partial charge in [-0.2, -0.15) is 0 Å². The van der Waals surface area contributed by atoms with Gasteiger partial charge in [0.15, 0.2) is 5.79 Å². The topological polar surface area (TPSA) is 35.5 Å². The van der Waals surface area contributed by atoms with Gasteiger partial charge in [0.05, 0.1) is 12.2 Å². The Kier molecular flexibility index (Phi) is 9.43. The van der Waals surface area contributed by atoms with E-state index in [0.29, 0.717) is 30.8 Å². The zero-order valence-electron chi connectivity index (χ0n) is 18.8. The summed E-state index contributed by atoms with van der Waals surface area (Å²) >= 11 is 0. The fourth-order valence-electron chi connectivity index (χ4n) is 4.52. The molecule has 1 spiro atoms. The first-order chi connectivity index (χ1) is 13.4. The molecule has 5 atom stereocenters. The van der Waals surface area contributed by atoms with E-state index in [-0.39, 0.29) is 17.7 Å². The Hall–Kier alpha value is -0.930. The number of unbranched alkanes of at least 4 members (excludes halogenated alkanes) is 1. The van der Waals surface area contributed by atoms with Gasteiger partial charge in [-0.3, -0.25) is 4.79 Å². The van der Waals surface area contributed by atoms with E-state index in [1.54, 1.807) is 0 Å². The lowest BCUT2D eigenvalue weighted by atomic mass is 9.81. The molecule has 28 heavy (non-hydrogen) atoms. The van der Waals surface area contributed by atoms with Gasteiger partial charge < -0.3 is 9.47 Å². The van der Waals surface area contributed by atoms with Gasteiger partial charge in [-0.1, -0.05) is 64.3 Å². The highest BCUT2D eigenvalue weighted by molar-refractivity contribution is 5.79. The van der Waals surface area contributed by atoms with E-state index in [0.717, 1.165) is 24.8 Å². The van der Waals surface area contributed by atoms with Crippen LogP contribution < -0.4 is 0 Å². The zero-order valence-corrected chi connectivity index (χ0v) is 18.8. The smallest absolute Gasteiger partial charge is 0.169 e. The van der Waals surface area contributed by atoms with Crippen molar-refractivity contribution in [1.29, 1.82) is 0 Å². The van der Waals surface area contributed by atoms with E-state index in [1.165, 1.54) is 32.1 Å². The fourth-order valence-corrected chi connectivity index (χ4v) is 4.52. The van der Waals surface area contributed by atoms with Gasteiger partial charge in [0, 0.05) is 25.7 Å². The zero-order chi connectivity index (χ0) is 20.6. The summed E-state index contributed by atoms with van der Waals surface area (Å²) in [5.74, 6) is 1.08. The van der Waals surface area contributed by atoms with Crippen molar-refractivity contribution in [2.75, 3.05) is 0 Å². The van der Waals surface area contributed by atoms with Gasteiger partial charge in [0.1, 0.15) is 5.78 Å². The molecule has 2 fully saturated rings. The monoisotopic (exact) mass is 390 g/mol. The van der Waals surface area contributed by atoms with Crippen LogP contribution in [0.5, 0.6) is 0 Å². The average molecular weight is 391 g/mol. The average Bonchev–Trinajstić information content (AvgIpc) is 2.71. The molecule has 4 unspecified atom stereocenters. The summed E-state index contributed by atoms with van der Waals surface area (Å²) in [4.78, 5) is 11.6. The van der Waals surface area contributed by atoms with Crippen molar-refractivity contribution in [3.05, 3.63) is 23.8 Å². The van der Waals surface area contributed by atoms with Gasteiger partial charge >= 0.3 is 0 Å². The summed E-state index contributed by atoms with van der Waals surface area (Å²) < 4.78 is 13.2. The van der Waals surface area contributed by atoms with Crippen molar-refractivity contribution >= 4 is 5.78 Å². The van der Waals surface area contributed by atoms with Crippen molar-refractivity contribution in [3.63, 3.8) is 0 Å². The first-order valence-corrected chi connectivity index (χ1v) is 11.6. The van der Waals surface area contributed by atoms with E-state index in [9.17, 15) is 4.79 Å². The number of hydrogen-bond donors (Lipinski definition) is 0. The van der Waals surface area contributed by atoms with E-state index in [2.05, 4.69) is 39.8 Å². The van der Waals surface area contributed by atoms with Gasteiger partial charge in [-0.15, -0.1) is 0 Å². The van der Waals surface area contributed by atoms with E-state index in [1.807, 2.05) is 13.0 Å². The third-order valence-corrected chi connectivity index (χ3v) is 6.62. The Morgan fingerprint density at radius 2 is 1.89 bits per heavy atom. The minimum atomic E-state index is -0.388. The van der Waals surface area contributed by atoms with Crippen LogP contribution in [-0.4, -0.2) is 23.8 Å². The normalized spacial score (nSPS) is 34.2. The molecular formula is C25H42O3. The Morgan fingerprint density at radius 1 is 1.14 bits per heavy atom. The Morgan fingerprint density at radius 3 is 2.57 bits per heavy atom. The second-order valence-corrected chi connectivity index (χ2v) is 8.92. The van der Waals surface area contributed by atoms with Crippen LogP contribution in [0.25, 0.3) is 0 Å². The number of hydrogen-bond acceptors (Lipinski definition) is 3. The highest BCUT2D eigenvalue weighted by Gasteiger charge is 2.46. The Labute approximate surface area is 172 Å². The van der Waals surface area contributed by atoms with Gasteiger partial charge in [-0.25, -0.2) is 0 Å². The minimum absolute atomic E-state index is 0.108. The van der Waals surface area contributed by atoms with Crippen molar-refractivity contribution in [2.24, 2.45) is 11.8 Å². The van der Waals surface area contributed by atoms with Gasteiger partial charge in [0.2, 0.25) is 0 Å². The molecule has 0 aromatic carbocycles. The molecule has 0 N–H and O–H groups in total. The Bertz CT molecular complexity index is 550. The molecular weight excluding hydrogens is 348 g/mol. The molecule has 0 bridgehead atoms. The maximum absolute atomic E-state index is 11.6. The molecule has 2 heterocycles. The molecule has 0 saturated carbocycles. The number of Topliss-reactive ketones (excluding diaryl/α,β-unsaturated/α-hetero) is 1.